The van der Waals surface area contributed by atoms with Crippen molar-refractivity contribution in [3.05, 3.63) is 29.8 Å². The van der Waals surface area contributed by atoms with Gasteiger partial charge in [-0.3, -0.25) is 0 Å². The summed E-state index contributed by atoms with van der Waals surface area (Å²) in [5, 5.41) is 9.42. The van der Waals surface area contributed by atoms with E-state index in [1.165, 1.54) is 12.8 Å². The third-order valence-corrected chi connectivity index (χ3v) is 3.20. The quantitative estimate of drug-likeness (QED) is 0.774. The molecule has 0 fully saturated rings. The van der Waals surface area contributed by atoms with Crippen LogP contribution in [-0.4, -0.2) is 10.6 Å². The first kappa shape index (κ1) is 13.0. The maximum absolute atomic E-state index is 9.42. The summed E-state index contributed by atoms with van der Waals surface area (Å²) in [4.78, 5) is 0. The summed E-state index contributed by atoms with van der Waals surface area (Å²) in [6, 6.07) is 7.41. The molecule has 0 amide bonds. The van der Waals surface area contributed by atoms with E-state index in [9.17, 15) is 5.11 Å². The fourth-order valence-electron chi connectivity index (χ4n) is 1.99. The molecule has 0 spiro atoms. The number of nitrogens with two attached hydrogens (primary N) is 1. The van der Waals surface area contributed by atoms with Gasteiger partial charge in [0, 0.05) is 5.54 Å². The third-order valence-electron chi connectivity index (χ3n) is 3.20. The molecule has 0 bridgehead atoms. The second-order valence-electron chi connectivity index (χ2n) is 4.67. The Morgan fingerprint density at radius 3 is 2.62 bits per heavy atom. The van der Waals surface area contributed by atoms with E-state index in [4.69, 9.17) is 5.73 Å². The Kier molecular flexibility index (Phi) is 4.81. The molecule has 0 radical (unpaired) electrons. The van der Waals surface area contributed by atoms with Gasteiger partial charge in [0.05, 0.1) is 0 Å². The lowest BCUT2D eigenvalue weighted by molar-refractivity contribution is 0.364. The van der Waals surface area contributed by atoms with Crippen LogP contribution in [0.2, 0.25) is 0 Å². The molecular formula is C14H23NO. The van der Waals surface area contributed by atoms with Crippen molar-refractivity contribution in [3.8, 4) is 5.75 Å². The van der Waals surface area contributed by atoms with Crippen molar-refractivity contribution in [1.82, 2.24) is 0 Å². The number of phenolic OH excluding ortho intramolecular Hbond substituents is 1. The summed E-state index contributed by atoms with van der Waals surface area (Å²) in [5.74, 6) is 0.325. The van der Waals surface area contributed by atoms with Crippen LogP contribution in [0.3, 0.4) is 0 Å². The summed E-state index contributed by atoms with van der Waals surface area (Å²) in [6.07, 6.45) is 5.22. The molecule has 0 aromatic heterocycles. The Morgan fingerprint density at radius 2 is 2.06 bits per heavy atom. The van der Waals surface area contributed by atoms with Gasteiger partial charge in [-0.05, 0) is 37.0 Å². The number of unbranched alkanes of at least 4 members (excludes halogenated alkanes) is 1. The lowest BCUT2D eigenvalue weighted by Gasteiger charge is -2.28. The first-order chi connectivity index (χ1) is 7.59. The molecule has 0 aliphatic rings. The van der Waals surface area contributed by atoms with Crippen molar-refractivity contribution in [2.45, 2.75) is 51.5 Å². The Morgan fingerprint density at radius 1 is 1.31 bits per heavy atom. The summed E-state index contributed by atoms with van der Waals surface area (Å²) in [7, 11) is 0. The van der Waals surface area contributed by atoms with Crippen molar-refractivity contribution >= 4 is 0 Å². The van der Waals surface area contributed by atoms with Gasteiger partial charge in [-0.1, -0.05) is 38.8 Å². The topological polar surface area (TPSA) is 46.2 Å². The molecule has 0 heterocycles. The van der Waals surface area contributed by atoms with Crippen LogP contribution in [0.25, 0.3) is 0 Å². The molecule has 1 rings (SSSR count). The minimum atomic E-state index is -0.121. The molecule has 1 unspecified atom stereocenters. The van der Waals surface area contributed by atoms with Crippen LogP contribution in [0.5, 0.6) is 5.75 Å². The van der Waals surface area contributed by atoms with E-state index < -0.39 is 0 Å². The molecule has 90 valence electrons. The molecule has 1 atom stereocenters. The number of benzene rings is 1. The van der Waals surface area contributed by atoms with Crippen LogP contribution in [0.4, 0.5) is 0 Å². The molecule has 1 aromatic carbocycles. The van der Waals surface area contributed by atoms with Gasteiger partial charge < -0.3 is 10.8 Å². The lowest BCUT2D eigenvalue weighted by atomic mass is 9.84. The van der Waals surface area contributed by atoms with Gasteiger partial charge in [-0.15, -0.1) is 0 Å². The number of hydrogen-bond acceptors (Lipinski definition) is 2. The van der Waals surface area contributed by atoms with Gasteiger partial charge in [-0.25, -0.2) is 0 Å². The van der Waals surface area contributed by atoms with E-state index in [0.29, 0.717) is 5.75 Å². The first-order valence-electron chi connectivity index (χ1n) is 6.16. The fraction of sp³-hybridized carbons (Fsp3) is 0.571. The van der Waals surface area contributed by atoms with Crippen LogP contribution in [0.15, 0.2) is 24.3 Å². The van der Waals surface area contributed by atoms with Gasteiger partial charge >= 0.3 is 0 Å². The van der Waals surface area contributed by atoms with Crippen LogP contribution in [0, 0.1) is 0 Å². The highest BCUT2D eigenvalue weighted by Gasteiger charge is 2.22. The van der Waals surface area contributed by atoms with Crippen LogP contribution >= 0.6 is 0 Å². The molecule has 0 aliphatic heterocycles. The molecule has 1 aromatic rings. The monoisotopic (exact) mass is 221 g/mol. The average molecular weight is 221 g/mol. The smallest absolute Gasteiger partial charge is 0.115 e. The van der Waals surface area contributed by atoms with Crippen LogP contribution in [-0.2, 0) is 6.42 Å². The van der Waals surface area contributed by atoms with E-state index in [1.807, 2.05) is 18.2 Å². The zero-order valence-corrected chi connectivity index (χ0v) is 10.4. The fourth-order valence-corrected chi connectivity index (χ4v) is 1.99. The predicted molar refractivity (Wildman–Crippen MR) is 68.5 cm³/mol. The molecule has 0 aliphatic carbocycles. The average Bonchev–Trinajstić information content (AvgIpc) is 2.26. The second kappa shape index (κ2) is 5.90. The number of rotatable bonds is 6. The molecule has 2 heteroatoms. The second-order valence-corrected chi connectivity index (χ2v) is 4.67. The summed E-state index contributed by atoms with van der Waals surface area (Å²) in [6.45, 7) is 4.32. The highest BCUT2D eigenvalue weighted by Crippen LogP contribution is 2.22. The van der Waals surface area contributed by atoms with Crippen LogP contribution in [0.1, 0.15) is 45.1 Å². The molecule has 16 heavy (non-hydrogen) atoms. The van der Waals surface area contributed by atoms with Gasteiger partial charge in [0.1, 0.15) is 5.75 Å². The highest BCUT2D eigenvalue weighted by molar-refractivity contribution is 5.28. The van der Waals surface area contributed by atoms with E-state index in [2.05, 4.69) is 13.8 Å². The first-order valence-corrected chi connectivity index (χ1v) is 6.16. The lowest BCUT2D eigenvalue weighted by Crippen LogP contribution is -2.41. The maximum atomic E-state index is 9.42. The predicted octanol–water partition coefficient (Wildman–Crippen LogP) is 3.23. The van der Waals surface area contributed by atoms with E-state index in [-0.39, 0.29) is 5.54 Å². The van der Waals surface area contributed by atoms with Crippen molar-refractivity contribution in [1.29, 1.82) is 0 Å². The van der Waals surface area contributed by atoms with Crippen molar-refractivity contribution in [3.63, 3.8) is 0 Å². The number of phenols is 1. The minimum Gasteiger partial charge on any atom is -0.508 e. The minimum absolute atomic E-state index is 0.121. The Bertz CT molecular complexity index is 324. The largest absolute Gasteiger partial charge is 0.508 e. The molecule has 0 saturated heterocycles. The summed E-state index contributed by atoms with van der Waals surface area (Å²) in [5.41, 5.74) is 7.39. The Labute approximate surface area is 98.5 Å². The number of hydrogen-bond donors (Lipinski definition) is 2. The normalized spacial score (nSPS) is 14.7. The van der Waals surface area contributed by atoms with E-state index in [1.54, 1.807) is 6.07 Å². The molecule has 0 saturated carbocycles. The standard InChI is InChI=1S/C14H23NO/c1-3-5-9-14(15,4-2)11-12-7-6-8-13(16)10-12/h6-8,10,16H,3-5,9,11,15H2,1-2H3. The zero-order chi connectivity index (χ0) is 12.0. The van der Waals surface area contributed by atoms with E-state index >= 15 is 0 Å². The molecular weight excluding hydrogens is 198 g/mol. The molecule has 2 nitrogen and oxygen atoms in total. The number of aromatic hydroxyl groups is 1. The highest BCUT2D eigenvalue weighted by atomic mass is 16.3. The summed E-state index contributed by atoms with van der Waals surface area (Å²) < 4.78 is 0. The maximum Gasteiger partial charge on any atom is 0.115 e. The van der Waals surface area contributed by atoms with Crippen molar-refractivity contribution in [2.75, 3.05) is 0 Å². The van der Waals surface area contributed by atoms with Crippen molar-refractivity contribution in [2.24, 2.45) is 5.73 Å². The van der Waals surface area contributed by atoms with Gasteiger partial charge in [0.2, 0.25) is 0 Å². The molecule has 3 N–H and O–H groups in total. The Balaban J connectivity index is 2.68. The Hall–Kier alpha value is -1.02. The van der Waals surface area contributed by atoms with Crippen molar-refractivity contribution < 1.29 is 5.11 Å². The van der Waals surface area contributed by atoms with Gasteiger partial charge in [-0.2, -0.15) is 0 Å². The van der Waals surface area contributed by atoms with Crippen LogP contribution < -0.4 is 5.73 Å². The summed E-state index contributed by atoms with van der Waals surface area (Å²) >= 11 is 0. The van der Waals surface area contributed by atoms with Gasteiger partial charge in [0.25, 0.3) is 0 Å². The SMILES string of the molecule is CCCCC(N)(CC)Cc1cccc(O)c1. The van der Waals surface area contributed by atoms with Gasteiger partial charge in [0.15, 0.2) is 0 Å². The van der Waals surface area contributed by atoms with E-state index in [0.717, 1.165) is 24.8 Å². The zero-order valence-electron chi connectivity index (χ0n) is 10.4. The third kappa shape index (κ3) is 3.86.